The van der Waals surface area contributed by atoms with Crippen LogP contribution in [0.15, 0.2) is 36.9 Å². The van der Waals surface area contributed by atoms with E-state index in [1.165, 1.54) is 12.1 Å². The lowest BCUT2D eigenvalue weighted by atomic mass is 9.98. The molecule has 0 radical (unpaired) electrons. The van der Waals surface area contributed by atoms with E-state index in [4.69, 9.17) is 26.1 Å². The highest BCUT2D eigenvalue weighted by Crippen LogP contribution is 2.47. The molecule has 2 atom stereocenters. The van der Waals surface area contributed by atoms with Crippen LogP contribution in [0.3, 0.4) is 0 Å². The molecule has 0 bridgehead atoms. The summed E-state index contributed by atoms with van der Waals surface area (Å²) < 4.78 is 26.7. The Morgan fingerprint density at radius 3 is 2.78 bits per heavy atom. The Bertz CT molecular complexity index is 1350. The Balaban J connectivity index is 1.63. The summed E-state index contributed by atoms with van der Waals surface area (Å²) in [7, 11) is 3.74. The lowest BCUT2D eigenvalue weighted by molar-refractivity contribution is -0.128. The molecule has 1 aromatic carbocycles. The summed E-state index contributed by atoms with van der Waals surface area (Å²) in [5.41, 5.74) is 0.345. The molecule has 2 amide bonds. The topological polar surface area (TPSA) is 78.5 Å². The molecular weight excluding hydrogens is 549 g/mol. The summed E-state index contributed by atoms with van der Waals surface area (Å²) in [4.78, 5) is 39.4. The molecule has 2 saturated heterocycles. The first-order valence-electron chi connectivity index (χ1n) is 13.9. The number of piperazine rings is 1. The van der Waals surface area contributed by atoms with E-state index in [0.29, 0.717) is 38.6 Å². The molecule has 3 aliphatic heterocycles. The van der Waals surface area contributed by atoms with E-state index in [1.807, 2.05) is 0 Å². The highest BCUT2D eigenvalue weighted by atomic mass is 35.5. The van der Waals surface area contributed by atoms with Crippen molar-refractivity contribution in [2.75, 3.05) is 65.0 Å². The number of amides is 2. The SMILES string of the molecule is C=CC(=O)N1CCN2C(=O)c3c(N4C[C@@H](N(C)CCOC)CC4(C)C)nc(-c4ccccc4F)c(Cl)c3OCC2C1. The minimum atomic E-state index is -0.471. The molecule has 5 rings (SSSR count). The third kappa shape index (κ3) is 5.40. The van der Waals surface area contributed by atoms with Gasteiger partial charge >= 0.3 is 0 Å². The molecule has 1 aromatic heterocycles. The third-order valence-corrected chi connectivity index (χ3v) is 8.81. The molecule has 2 aromatic rings. The van der Waals surface area contributed by atoms with Crippen LogP contribution in [-0.2, 0) is 9.53 Å². The van der Waals surface area contributed by atoms with Gasteiger partial charge in [-0.2, -0.15) is 0 Å². The van der Waals surface area contributed by atoms with E-state index in [1.54, 1.807) is 35.1 Å². The van der Waals surface area contributed by atoms with Crippen molar-refractivity contribution in [3.05, 3.63) is 53.3 Å². The van der Waals surface area contributed by atoms with Gasteiger partial charge in [-0.25, -0.2) is 9.37 Å². The summed E-state index contributed by atoms with van der Waals surface area (Å²) in [6.45, 7) is 11.0. The summed E-state index contributed by atoms with van der Waals surface area (Å²) in [6.07, 6.45) is 2.10. The Morgan fingerprint density at radius 1 is 1.32 bits per heavy atom. The van der Waals surface area contributed by atoms with Crippen molar-refractivity contribution in [2.45, 2.75) is 37.9 Å². The zero-order valence-corrected chi connectivity index (χ0v) is 24.8. The fraction of sp³-hybridized carbons (Fsp3) is 0.500. The average molecular weight is 586 g/mol. The van der Waals surface area contributed by atoms with Crippen LogP contribution in [0.4, 0.5) is 10.2 Å². The van der Waals surface area contributed by atoms with Crippen molar-refractivity contribution >= 4 is 29.2 Å². The monoisotopic (exact) mass is 585 g/mol. The van der Waals surface area contributed by atoms with Crippen LogP contribution >= 0.6 is 11.6 Å². The average Bonchev–Trinajstić information content (AvgIpc) is 3.20. The number of benzene rings is 1. The highest BCUT2D eigenvalue weighted by molar-refractivity contribution is 6.35. The number of aromatic nitrogens is 1. The van der Waals surface area contributed by atoms with Crippen molar-refractivity contribution in [3.63, 3.8) is 0 Å². The lowest BCUT2D eigenvalue weighted by Crippen LogP contribution is -2.57. The smallest absolute Gasteiger partial charge is 0.261 e. The van der Waals surface area contributed by atoms with Crippen molar-refractivity contribution in [1.29, 1.82) is 0 Å². The number of fused-ring (bicyclic) bond motifs is 2. The summed E-state index contributed by atoms with van der Waals surface area (Å²) in [6, 6.07) is 6.10. The molecule has 0 spiro atoms. The van der Waals surface area contributed by atoms with Gasteiger partial charge in [-0.05, 0) is 45.5 Å². The Labute approximate surface area is 245 Å². The largest absolute Gasteiger partial charge is 0.489 e. The van der Waals surface area contributed by atoms with Gasteiger partial charge in [-0.1, -0.05) is 30.3 Å². The zero-order valence-electron chi connectivity index (χ0n) is 24.0. The van der Waals surface area contributed by atoms with Crippen molar-refractivity contribution in [3.8, 4) is 17.0 Å². The predicted molar refractivity (Wildman–Crippen MR) is 156 cm³/mol. The molecule has 11 heteroatoms. The number of ether oxygens (including phenoxy) is 2. The quantitative estimate of drug-likeness (QED) is 0.459. The fourth-order valence-electron chi connectivity index (χ4n) is 6.10. The number of pyridine rings is 1. The second-order valence-corrected chi connectivity index (χ2v) is 11.9. The normalized spacial score (nSPS) is 21.8. The van der Waals surface area contributed by atoms with Gasteiger partial charge in [0.2, 0.25) is 5.91 Å². The zero-order chi connectivity index (χ0) is 29.5. The Morgan fingerprint density at radius 2 is 2.07 bits per heavy atom. The Hall–Kier alpha value is -3.21. The van der Waals surface area contributed by atoms with Gasteiger partial charge in [-0.3, -0.25) is 14.5 Å². The molecule has 41 heavy (non-hydrogen) atoms. The predicted octanol–water partition coefficient (Wildman–Crippen LogP) is 3.71. The van der Waals surface area contributed by atoms with Crippen LogP contribution in [0.25, 0.3) is 11.3 Å². The number of hydrogen-bond donors (Lipinski definition) is 0. The summed E-state index contributed by atoms with van der Waals surface area (Å²) in [5.74, 6) is -0.303. The molecule has 2 fully saturated rings. The van der Waals surface area contributed by atoms with E-state index < -0.39 is 5.82 Å². The van der Waals surface area contributed by atoms with E-state index in [9.17, 15) is 9.59 Å². The number of rotatable bonds is 7. The number of nitrogens with zero attached hydrogens (tertiary/aromatic N) is 5. The standard InChI is InChI=1S/C30H37ClFN5O4/c1-6-23(38)35-11-12-36-20(16-35)18-41-27-24(29(36)39)28(33-26(25(27)31)21-9-7-8-10-22(21)32)37-17-19(15-30(37,2)3)34(4)13-14-40-5/h6-10,19-20H,1,11-18H2,2-5H3/t19-,20?/m0/s1. The number of hydrogen-bond acceptors (Lipinski definition) is 7. The van der Waals surface area contributed by atoms with Crippen molar-refractivity contribution in [2.24, 2.45) is 0 Å². The maximum Gasteiger partial charge on any atom is 0.261 e. The molecule has 1 unspecified atom stereocenters. The maximum absolute atomic E-state index is 15.1. The minimum Gasteiger partial charge on any atom is -0.489 e. The second kappa shape index (κ2) is 11.6. The fourth-order valence-corrected chi connectivity index (χ4v) is 6.39. The highest BCUT2D eigenvalue weighted by Gasteiger charge is 2.46. The summed E-state index contributed by atoms with van der Waals surface area (Å²) >= 11 is 6.91. The van der Waals surface area contributed by atoms with Crippen LogP contribution < -0.4 is 9.64 Å². The number of likely N-dealkylation sites (N-methyl/N-ethyl adjacent to an activating group) is 1. The van der Waals surface area contributed by atoms with Gasteiger partial charge in [-0.15, -0.1) is 0 Å². The van der Waals surface area contributed by atoms with Crippen LogP contribution in [0.5, 0.6) is 5.75 Å². The van der Waals surface area contributed by atoms with Gasteiger partial charge in [0.1, 0.15) is 28.8 Å². The van der Waals surface area contributed by atoms with Crippen LogP contribution in [0.2, 0.25) is 5.02 Å². The van der Waals surface area contributed by atoms with Gasteiger partial charge < -0.3 is 24.2 Å². The van der Waals surface area contributed by atoms with Crippen molar-refractivity contribution < 1.29 is 23.5 Å². The van der Waals surface area contributed by atoms with Gasteiger partial charge in [0.05, 0.1) is 18.3 Å². The van der Waals surface area contributed by atoms with Gasteiger partial charge in [0, 0.05) is 57.0 Å². The van der Waals surface area contributed by atoms with Crippen LogP contribution in [-0.4, -0.2) is 109 Å². The molecule has 4 heterocycles. The molecule has 3 aliphatic rings. The van der Waals surface area contributed by atoms with Gasteiger partial charge in [0.25, 0.3) is 5.91 Å². The first kappa shape index (κ1) is 29.3. The van der Waals surface area contributed by atoms with Crippen molar-refractivity contribution in [1.82, 2.24) is 19.7 Å². The maximum atomic E-state index is 15.1. The van der Waals surface area contributed by atoms with Crippen LogP contribution in [0, 0.1) is 5.82 Å². The van der Waals surface area contributed by atoms with E-state index >= 15 is 4.39 Å². The third-order valence-electron chi connectivity index (χ3n) is 8.45. The molecule has 0 N–H and O–H groups in total. The molecule has 220 valence electrons. The number of carbonyl (C=O) groups is 2. The lowest BCUT2D eigenvalue weighted by Gasteiger charge is -2.40. The number of halogens is 2. The molecule has 0 aliphatic carbocycles. The number of carbonyl (C=O) groups excluding carboxylic acids is 2. The minimum absolute atomic E-state index is 0.0897. The summed E-state index contributed by atoms with van der Waals surface area (Å²) in [5, 5.41) is 0.0897. The second-order valence-electron chi connectivity index (χ2n) is 11.5. The van der Waals surface area contributed by atoms with Crippen LogP contribution in [0.1, 0.15) is 30.6 Å². The molecular formula is C30H37ClFN5O4. The Kier molecular flexibility index (Phi) is 8.27. The van der Waals surface area contributed by atoms with E-state index in [2.05, 4.69) is 37.3 Å². The van der Waals surface area contributed by atoms with E-state index in [0.717, 1.165) is 13.0 Å². The van der Waals surface area contributed by atoms with Gasteiger partial charge in [0.15, 0.2) is 5.75 Å². The molecule has 9 nitrogen and oxygen atoms in total. The number of anilines is 1. The first-order chi connectivity index (χ1) is 19.6. The molecule has 0 saturated carbocycles. The number of methoxy groups -OCH3 is 1. The first-order valence-corrected chi connectivity index (χ1v) is 14.3. The van der Waals surface area contributed by atoms with E-state index in [-0.39, 0.29) is 63.6 Å².